The van der Waals surface area contributed by atoms with Crippen molar-refractivity contribution in [1.82, 2.24) is 5.32 Å². The number of benzene rings is 1. The van der Waals surface area contributed by atoms with E-state index in [0.29, 0.717) is 10.0 Å². The summed E-state index contributed by atoms with van der Waals surface area (Å²) in [6.45, 7) is 4.46. The van der Waals surface area contributed by atoms with Gasteiger partial charge in [0, 0.05) is 39.2 Å². The number of nitrogens with one attached hydrogen (secondary N) is 1. The minimum atomic E-state index is -0.208. The number of halogens is 2. The van der Waals surface area contributed by atoms with E-state index in [4.69, 9.17) is 32.7 Å². The second-order valence-electron chi connectivity index (χ2n) is 5.41. The minimum absolute atomic E-state index is 0.187. The van der Waals surface area contributed by atoms with E-state index in [1.807, 2.05) is 18.2 Å². The van der Waals surface area contributed by atoms with Gasteiger partial charge in [0.1, 0.15) is 0 Å². The Kier molecular flexibility index (Phi) is 6.33. The van der Waals surface area contributed by atoms with Gasteiger partial charge in [0.2, 0.25) is 0 Å². The molecule has 3 nitrogen and oxygen atoms in total. The molecule has 1 saturated heterocycles. The van der Waals surface area contributed by atoms with Crippen LogP contribution in [0.15, 0.2) is 18.2 Å². The van der Waals surface area contributed by atoms with Crippen LogP contribution in [0.4, 0.5) is 0 Å². The molecule has 1 N–H and O–H groups in total. The predicted octanol–water partition coefficient (Wildman–Crippen LogP) is 3.71. The highest BCUT2D eigenvalue weighted by molar-refractivity contribution is 6.42. The molecule has 2 rings (SSSR count). The smallest absolute Gasteiger partial charge is 0.0877 e. The van der Waals surface area contributed by atoms with Gasteiger partial charge < -0.3 is 14.8 Å². The molecule has 1 heterocycles. The first kappa shape index (κ1) is 17.0. The highest BCUT2D eigenvalue weighted by Gasteiger charge is 2.40. The van der Waals surface area contributed by atoms with Crippen molar-refractivity contribution in [2.75, 3.05) is 26.9 Å². The summed E-state index contributed by atoms with van der Waals surface area (Å²) in [4.78, 5) is 0. The number of hydrogen-bond acceptors (Lipinski definition) is 3. The molecule has 1 unspecified atom stereocenters. The first-order valence-corrected chi connectivity index (χ1v) is 8.17. The molecule has 1 aliphatic rings. The summed E-state index contributed by atoms with van der Waals surface area (Å²) in [5, 5.41) is 4.80. The number of rotatable bonds is 6. The molecular formula is C16H23Cl2NO2. The molecule has 1 aliphatic heterocycles. The average molecular weight is 332 g/mol. The van der Waals surface area contributed by atoms with Crippen molar-refractivity contribution in [3.8, 4) is 0 Å². The van der Waals surface area contributed by atoms with E-state index in [9.17, 15) is 0 Å². The lowest BCUT2D eigenvalue weighted by molar-refractivity contribution is -0.110. The van der Waals surface area contributed by atoms with Crippen molar-refractivity contribution >= 4 is 23.2 Å². The molecule has 1 aromatic rings. The van der Waals surface area contributed by atoms with Gasteiger partial charge in [-0.2, -0.15) is 0 Å². The van der Waals surface area contributed by atoms with E-state index in [1.165, 1.54) is 0 Å². The van der Waals surface area contributed by atoms with E-state index in [0.717, 1.165) is 44.6 Å². The molecule has 5 heteroatoms. The lowest BCUT2D eigenvalue weighted by Crippen LogP contribution is -2.56. The van der Waals surface area contributed by atoms with E-state index in [1.54, 1.807) is 7.11 Å². The van der Waals surface area contributed by atoms with Crippen molar-refractivity contribution in [1.29, 1.82) is 0 Å². The summed E-state index contributed by atoms with van der Waals surface area (Å²) >= 11 is 12.5. The van der Waals surface area contributed by atoms with Gasteiger partial charge in [-0.15, -0.1) is 0 Å². The monoisotopic (exact) mass is 331 g/mol. The third-order valence-electron chi connectivity index (χ3n) is 4.29. The van der Waals surface area contributed by atoms with Crippen molar-refractivity contribution in [2.24, 2.45) is 0 Å². The van der Waals surface area contributed by atoms with Crippen molar-refractivity contribution in [2.45, 2.75) is 37.8 Å². The Morgan fingerprint density at radius 1 is 1.33 bits per heavy atom. The van der Waals surface area contributed by atoms with E-state index in [-0.39, 0.29) is 11.6 Å². The van der Waals surface area contributed by atoms with Crippen LogP contribution >= 0.6 is 23.2 Å². The number of ether oxygens (including phenoxy) is 2. The molecule has 0 radical (unpaired) electrons. The van der Waals surface area contributed by atoms with Crippen LogP contribution in [-0.2, 0) is 15.9 Å². The third-order valence-corrected chi connectivity index (χ3v) is 5.14. The van der Waals surface area contributed by atoms with E-state index >= 15 is 0 Å². The van der Waals surface area contributed by atoms with Gasteiger partial charge in [-0.1, -0.05) is 42.3 Å². The number of methoxy groups -OCH3 is 1. The topological polar surface area (TPSA) is 30.5 Å². The second kappa shape index (κ2) is 7.80. The van der Waals surface area contributed by atoms with Gasteiger partial charge in [0.25, 0.3) is 0 Å². The summed E-state index contributed by atoms with van der Waals surface area (Å²) in [7, 11) is 1.79. The molecule has 21 heavy (non-hydrogen) atoms. The molecule has 0 spiro atoms. The van der Waals surface area contributed by atoms with Crippen LogP contribution in [0.1, 0.15) is 25.3 Å². The largest absolute Gasteiger partial charge is 0.381 e. The third kappa shape index (κ3) is 3.91. The van der Waals surface area contributed by atoms with Crippen LogP contribution in [-0.4, -0.2) is 38.5 Å². The maximum absolute atomic E-state index is 6.34. The molecule has 118 valence electrons. The van der Waals surface area contributed by atoms with Crippen molar-refractivity contribution < 1.29 is 9.47 Å². The Morgan fingerprint density at radius 2 is 2.05 bits per heavy atom. The average Bonchev–Trinajstić information content (AvgIpc) is 2.52. The Morgan fingerprint density at radius 3 is 2.67 bits per heavy atom. The van der Waals surface area contributed by atoms with Crippen LogP contribution in [0.3, 0.4) is 0 Å². The maximum Gasteiger partial charge on any atom is 0.0877 e. The summed E-state index contributed by atoms with van der Waals surface area (Å²) in [5.74, 6) is 0. The van der Waals surface area contributed by atoms with Crippen LogP contribution in [0.2, 0.25) is 10.0 Å². The lowest BCUT2D eigenvalue weighted by Gasteiger charge is -2.43. The van der Waals surface area contributed by atoms with Crippen molar-refractivity contribution in [3.05, 3.63) is 33.8 Å². The number of hydrogen-bond donors (Lipinski definition) is 1. The molecule has 1 atom stereocenters. The fourth-order valence-corrected chi connectivity index (χ4v) is 3.43. The molecule has 0 amide bonds. The van der Waals surface area contributed by atoms with E-state index < -0.39 is 0 Å². The van der Waals surface area contributed by atoms with Gasteiger partial charge in [-0.25, -0.2) is 0 Å². The van der Waals surface area contributed by atoms with Crippen molar-refractivity contribution in [3.63, 3.8) is 0 Å². The highest BCUT2D eigenvalue weighted by Crippen LogP contribution is 2.33. The first-order valence-electron chi connectivity index (χ1n) is 7.42. The Labute approximate surface area is 136 Å². The van der Waals surface area contributed by atoms with Gasteiger partial charge in [-0.3, -0.25) is 0 Å². The predicted molar refractivity (Wildman–Crippen MR) is 87.4 cm³/mol. The Balaban J connectivity index is 2.23. The molecule has 0 saturated carbocycles. The zero-order chi connectivity index (χ0) is 15.3. The van der Waals surface area contributed by atoms with Crippen LogP contribution in [0.25, 0.3) is 0 Å². The summed E-state index contributed by atoms with van der Waals surface area (Å²) in [6.07, 6.45) is 2.57. The van der Waals surface area contributed by atoms with Crippen LogP contribution < -0.4 is 5.32 Å². The minimum Gasteiger partial charge on any atom is -0.381 e. The SMILES string of the molecule is CCNC(Cc1cccc(Cl)c1Cl)C1(OC)CCOCC1. The maximum atomic E-state index is 6.34. The fraction of sp³-hybridized carbons (Fsp3) is 0.625. The summed E-state index contributed by atoms with van der Waals surface area (Å²) < 4.78 is 11.4. The summed E-state index contributed by atoms with van der Waals surface area (Å²) in [5.41, 5.74) is 0.845. The number of likely N-dealkylation sites (N-methyl/N-ethyl adjacent to an activating group) is 1. The molecule has 0 bridgehead atoms. The molecule has 0 aliphatic carbocycles. The van der Waals surface area contributed by atoms with Gasteiger partial charge >= 0.3 is 0 Å². The van der Waals surface area contributed by atoms with E-state index in [2.05, 4.69) is 12.2 Å². The zero-order valence-corrected chi connectivity index (χ0v) is 14.1. The zero-order valence-electron chi connectivity index (χ0n) is 12.6. The Bertz CT molecular complexity index is 462. The van der Waals surface area contributed by atoms with Gasteiger partial charge in [-0.05, 0) is 24.6 Å². The summed E-state index contributed by atoms with van der Waals surface area (Å²) in [6, 6.07) is 5.97. The molecule has 1 fully saturated rings. The quantitative estimate of drug-likeness (QED) is 0.861. The fourth-order valence-electron chi connectivity index (χ4n) is 3.03. The van der Waals surface area contributed by atoms with Gasteiger partial charge in [0.15, 0.2) is 0 Å². The molecule has 0 aromatic heterocycles. The first-order chi connectivity index (χ1) is 10.1. The van der Waals surface area contributed by atoms with Crippen LogP contribution in [0, 0.1) is 0 Å². The lowest BCUT2D eigenvalue weighted by atomic mass is 9.82. The second-order valence-corrected chi connectivity index (χ2v) is 6.19. The Hall–Kier alpha value is -0.320. The van der Waals surface area contributed by atoms with Gasteiger partial charge in [0.05, 0.1) is 15.6 Å². The normalized spacial score (nSPS) is 19.4. The van der Waals surface area contributed by atoms with Crippen LogP contribution in [0.5, 0.6) is 0 Å². The molecule has 1 aromatic carbocycles. The highest BCUT2D eigenvalue weighted by atomic mass is 35.5. The standard InChI is InChI=1S/C16H23Cl2NO2/c1-3-19-14(16(20-2)7-9-21-10-8-16)11-12-5-4-6-13(17)15(12)18/h4-6,14,19H,3,7-11H2,1-2H3. The molecular weight excluding hydrogens is 309 g/mol.